The first kappa shape index (κ1) is 14.2. The predicted octanol–water partition coefficient (Wildman–Crippen LogP) is 0.907. The lowest BCUT2D eigenvalue weighted by atomic mass is 10.3. The molecule has 1 rings (SSSR count). The summed E-state index contributed by atoms with van der Waals surface area (Å²) in [6.45, 7) is 6.61. The van der Waals surface area contributed by atoms with E-state index in [4.69, 9.17) is 10.3 Å². The summed E-state index contributed by atoms with van der Waals surface area (Å²) in [5.74, 6) is 0.901. The van der Waals surface area contributed by atoms with Crippen LogP contribution < -0.4 is 5.73 Å². The predicted molar refractivity (Wildman–Crippen MR) is 68.5 cm³/mol. The normalized spacial score (nSPS) is 11.6. The van der Waals surface area contributed by atoms with Gasteiger partial charge in [-0.15, -0.1) is 0 Å². The molecule has 0 aliphatic carbocycles. The number of nitrogens with two attached hydrogens (primary N) is 1. The lowest BCUT2D eigenvalue weighted by Crippen LogP contribution is -2.31. The monoisotopic (exact) mass is 240 g/mol. The molecule has 98 valence electrons. The van der Waals surface area contributed by atoms with Crippen LogP contribution in [0.5, 0.6) is 0 Å². The van der Waals surface area contributed by atoms with Crippen LogP contribution in [0.15, 0.2) is 10.6 Å². The molecular formula is C12H24N4O. The molecule has 0 amide bonds. The zero-order valence-corrected chi connectivity index (χ0v) is 11.1. The molecule has 0 atom stereocenters. The third kappa shape index (κ3) is 5.30. The largest absolute Gasteiger partial charge is 0.360 e. The average Bonchev–Trinajstić information content (AvgIpc) is 2.74. The van der Waals surface area contributed by atoms with Gasteiger partial charge in [-0.2, -0.15) is 0 Å². The third-order valence-electron chi connectivity index (χ3n) is 2.60. The maximum atomic E-state index is 5.51. The molecule has 1 aromatic rings. The molecular weight excluding hydrogens is 216 g/mol. The quantitative estimate of drug-likeness (QED) is 0.732. The Morgan fingerprint density at radius 2 is 2.06 bits per heavy atom. The Bertz CT molecular complexity index is 311. The Hall–Kier alpha value is -0.910. The van der Waals surface area contributed by atoms with Gasteiger partial charge in [0.2, 0.25) is 0 Å². The molecule has 0 aromatic carbocycles. The highest BCUT2D eigenvalue weighted by molar-refractivity contribution is 5.04. The summed E-state index contributed by atoms with van der Waals surface area (Å²) in [6.07, 6.45) is 1.14. The fraction of sp³-hybridized carbons (Fsp3) is 0.750. The molecule has 0 spiro atoms. The summed E-state index contributed by atoms with van der Waals surface area (Å²) in [6, 6.07) is 1.94. The summed E-state index contributed by atoms with van der Waals surface area (Å²) in [4.78, 5) is 4.56. The van der Waals surface area contributed by atoms with Gasteiger partial charge >= 0.3 is 0 Å². The number of likely N-dealkylation sites (N-methyl/N-ethyl adjacent to an activating group) is 1. The van der Waals surface area contributed by atoms with Crippen molar-refractivity contribution in [3.05, 3.63) is 17.5 Å². The van der Waals surface area contributed by atoms with Crippen LogP contribution in [0, 0.1) is 0 Å². The van der Waals surface area contributed by atoms with Gasteiger partial charge in [0, 0.05) is 25.7 Å². The van der Waals surface area contributed by atoms with Gasteiger partial charge in [0.05, 0.1) is 12.2 Å². The van der Waals surface area contributed by atoms with Crippen LogP contribution in [0.25, 0.3) is 0 Å². The van der Waals surface area contributed by atoms with Gasteiger partial charge in [-0.05, 0) is 27.1 Å². The number of rotatable bonds is 8. The van der Waals surface area contributed by atoms with Crippen LogP contribution >= 0.6 is 0 Å². The number of hydrogen-bond acceptors (Lipinski definition) is 5. The Balaban J connectivity index is 2.47. The van der Waals surface area contributed by atoms with E-state index in [1.807, 2.05) is 6.07 Å². The van der Waals surface area contributed by atoms with Gasteiger partial charge < -0.3 is 15.2 Å². The van der Waals surface area contributed by atoms with Crippen molar-refractivity contribution in [2.45, 2.75) is 26.4 Å². The van der Waals surface area contributed by atoms with Crippen LogP contribution in [0.1, 0.15) is 24.8 Å². The van der Waals surface area contributed by atoms with Gasteiger partial charge in [0.1, 0.15) is 0 Å². The maximum absolute atomic E-state index is 5.51. The Morgan fingerprint density at radius 3 is 2.59 bits per heavy atom. The number of nitrogens with zero attached hydrogens (tertiary/aromatic N) is 3. The molecule has 17 heavy (non-hydrogen) atoms. The lowest BCUT2D eigenvalue weighted by Gasteiger charge is -2.22. The summed E-state index contributed by atoms with van der Waals surface area (Å²) in [5.41, 5.74) is 6.33. The van der Waals surface area contributed by atoms with E-state index < -0.39 is 0 Å². The van der Waals surface area contributed by atoms with E-state index in [0.717, 1.165) is 44.1 Å². The molecule has 5 nitrogen and oxygen atoms in total. The highest BCUT2D eigenvalue weighted by Crippen LogP contribution is 2.07. The van der Waals surface area contributed by atoms with E-state index in [-0.39, 0.29) is 0 Å². The van der Waals surface area contributed by atoms with Crippen LogP contribution in [0.4, 0.5) is 0 Å². The van der Waals surface area contributed by atoms with Crippen molar-refractivity contribution in [3.63, 3.8) is 0 Å². The van der Waals surface area contributed by atoms with E-state index in [1.165, 1.54) is 0 Å². The third-order valence-corrected chi connectivity index (χ3v) is 2.60. The van der Waals surface area contributed by atoms with Gasteiger partial charge in [0.15, 0.2) is 5.76 Å². The molecule has 0 bridgehead atoms. The first-order chi connectivity index (χ1) is 8.15. The highest BCUT2D eigenvalue weighted by atomic mass is 16.5. The average molecular weight is 240 g/mol. The van der Waals surface area contributed by atoms with Crippen molar-refractivity contribution in [2.24, 2.45) is 5.73 Å². The first-order valence-electron chi connectivity index (χ1n) is 6.17. The standard InChI is InChI=1S/C12H24N4O/c1-4-5-16(7-6-15(2)3)10-12-8-11(9-13)14-17-12/h8H,4-7,9-10,13H2,1-3H3. The smallest absolute Gasteiger partial charge is 0.151 e. The minimum Gasteiger partial charge on any atom is -0.360 e. The fourth-order valence-corrected chi connectivity index (χ4v) is 1.67. The van der Waals surface area contributed by atoms with E-state index in [2.05, 4.69) is 36.0 Å². The Labute approximate surface area is 104 Å². The molecule has 5 heteroatoms. The van der Waals surface area contributed by atoms with Crippen molar-refractivity contribution in [3.8, 4) is 0 Å². The van der Waals surface area contributed by atoms with Gasteiger partial charge in [-0.1, -0.05) is 12.1 Å². The van der Waals surface area contributed by atoms with E-state index in [0.29, 0.717) is 6.54 Å². The fourth-order valence-electron chi connectivity index (χ4n) is 1.67. The number of aromatic nitrogens is 1. The first-order valence-corrected chi connectivity index (χ1v) is 6.17. The summed E-state index contributed by atoms with van der Waals surface area (Å²) < 4.78 is 5.25. The maximum Gasteiger partial charge on any atom is 0.151 e. The van der Waals surface area contributed by atoms with Gasteiger partial charge in [-0.25, -0.2) is 0 Å². The molecule has 1 heterocycles. The lowest BCUT2D eigenvalue weighted by molar-refractivity contribution is 0.209. The molecule has 0 aliphatic rings. The van der Waals surface area contributed by atoms with Crippen molar-refractivity contribution < 1.29 is 4.52 Å². The minimum atomic E-state index is 0.439. The van der Waals surface area contributed by atoms with E-state index >= 15 is 0 Å². The summed E-state index contributed by atoms with van der Waals surface area (Å²) >= 11 is 0. The van der Waals surface area contributed by atoms with Crippen molar-refractivity contribution in [1.82, 2.24) is 15.0 Å². The van der Waals surface area contributed by atoms with Crippen LogP contribution in [0.3, 0.4) is 0 Å². The zero-order valence-electron chi connectivity index (χ0n) is 11.1. The molecule has 0 unspecified atom stereocenters. The second kappa shape index (κ2) is 7.42. The zero-order chi connectivity index (χ0) is 12.7. The Morgan fingerprint density at radius 1 is 1.29 bits per heavy atom. The Kier molecular flexibility index (Phi) is 6.18. The second-order valence-corrected chi connectivity index (χ2v) is 4.57. The molecule has 2 N–H and O–H groups in total. The minimum absolute atomic E-state index is 0.439. The van der Waals surface area contributed by atoms with Crippen LogP contribution in [0.2, 0.25) is 0 Å². The van der Waals surface area contributed by atoms with Crippen LogP contribution in [-0.4, -0.2) is 48.7 Å². The van der Waals surface area contributed by atoms with E-state index in [1.54, 1.807) is 0 Å². The number of hydrogen-bond donors (Lipinski definition) is 1. The summed E-state index contributed by atoms with van der Waals surface area (Å²) in [5, 5.41) is 3.91. The molecule has 1 aromatic heterocycles. The molecule has 0 saturated carbocycles. The second-order valence-electron chi connectivity index (χ2n) is 4.57. The molecule has 0 radical (unpaired) electrons. The van der Waals surface area contributed by atoms with Gasteiger partial charge in [0.25, 0.3) is 0 Å². The van der Waals surface area contributed by atoms with Crippen molar-refractivity contribution in [1.29, 1.82) is 0 Å². The highest BCUT2D eigenvalue weighted by Gasteiger charge is 2.09. The van der Waals surface area contributed by atoms with Crippen molar-refractivity contribution in [2.75, 3.05) is 33.7 Å². The van der Waals surface area contributed by atoms with Gasteiger partial charge in [-0.3, -0.25) is 4.90 Å². The molecule has 0 saturated heterocycles. The van der Waals surface area contributed by atoms with Crippen molar-refractivity contribution >= 4 is 0 Å². The van der Waals surface area contributed by atoms with E-state index in [9.17, 15) is 0 Å². The molecule has 0 aliphatic heterocycles. The topological polar surface area (TPSA) is 58.5 Å². The molecule has 0 fully saturated rings. The SMILES string of the molecule is CCCN(CCN(C)C)Cc1cc(CN)no1. The summed E-state index contributed by atoms with van der Waals surface area (Å²) in [7, 11) is 4.18. The van der Waals surface area contributed by atoms with Crippen LogP contribution in [-0.2, 0) is 13.1 Å².